The van der Waals surface area contributed by atoms with Crippen molar-refractivity contribution in [1.82, 2.24) is 4.90 Å². The van der Waals surface area contributed by atoms with Crippen LogP contribution in [0.4, 0.5) is 0 Å². The molecule has 1 N–H and O–H groups in total. The molecule has 1 atom stereocenters. The predicted molar refractivity (Wildman–Crippen MR) is 72.6 cm³/mol. The highest BCUT2D eigenvalue weighted by Gasteiger charge is 2.24. The van der Waals surface area contributed by atoms with Gasteiger partial charge in [0.15, 0.2) is 0 Å². The highest BCUT2D eigenvalue weighted by molar-refractivity contribution is 7.14. The van der Waals surface area contributed by atoms with Gasteiger partial charge >= 0.3 is 0 Å². The summed E-state index contributed by atoms with van der Waals surface area (Å²) in [5.74, 6) is 6.56. The summed E-state index contributed by atoms with van der Waals surface area (Å²) >= 11 is 1.43. The molecule has 1 unspecified atom stereocenters. The summed E-state index contributed by atoms with van der Waals surface area (Å²) in [6.45, 7) is 3.98. The normalized spacial score (nSPS) is 18.6. The zero-order valence-corrected chi connectivity index (χ0v) is 11.3. The fourth-order valence-electron chi connectivity index (χ4n) is 2.00. The number of likely N-dealkylation sites (tertiary alicyclic amines) is 1. The quantitative estimate of drug-likeness (QED) is 0.829. The smallest absolute Gasteiger partial charge is 0.263 e. The number of hydrogen-bond donors (Lipinski definition) is 1. The maximum atomic E-state index is 12.2. The van der Waals surface area contributed by atoms with E-state index in [0.717, 1.165) is 29.3 Å². The zero-order chi connectivity index (χ0) is 13.0. The van der Waals surface area contributed by atoms with Gasteiger partial charge < -0.3 is 10.0 Å². The molecule has 1 aromatic heterocycles. The molecule has 96 valence electrons. The molecule has 1 aliphatic heterocycles. The molecule has 0 aliphatic carbocycles. The second-order valence-electron chi connectivity index (χ2n) is 4.58. The van der Waals surface area contributed by atoms with Crippen LogP contribution < -0.4 is 0 Å². The number of aliphatic hydroxyl groups is 1. The lowest BCUT2D eigenvalue weighted by molar-refractivity contribution is 0.0793. The molecule has 4 heteroatoms. The summed E-state index contributed by atoms with van der Waals surface area (Å²) in [6.07, 6.45) is 1.57. The van der Waals surface area contributed by atoms with Crippen molar-refractivity contribution < 1.29 is 9.90 Å². The van der Waals surface area contributed by atoms with E-state index in [2.05, 4.69) is 18.8 Å². The summed E-state index contributed by atoms with van der Waals surface area (Å²) in [5.41, 5.74) is 0. The molecule has 1 aliphatic rings. The molecule has 0 aromatic carbocycles. The van der Waals surface area contributed by atoms with E-state index in [4.69, 9.17) is 5.11 Å². The van der Waals surface area contributed by atoms with E-state index >= 15 is 0 Å². The van der Waals surface area contributed by atoms with E-state index in [1.54, 1.807) is 0 Å². The number of thiophene rings is 1. The Bertz CT molecular complexity index is 483. The Kier molecular flexibility index (Phi) is 4.40. The number of amides is 1. The van der Waals surface area contributed by atoms with E-state index in [-0.39, 0.29) is 12.5 Å². The fraction of sp³-hybridized carbons (Fsp3) is 0.500. The highest BCUT2D eigenvalue weighted by atomic mass is 32.1. The molecule has 1 saturated heterocycles. The summed E-state index contributed by atoms with van der Waals surface area (Å²) in [5, 5.41) is 8.65. The predicted octanol–water partition coefficient (Wildman–Crippen LogP) is 1.96. The van der Waals surface area contributed by atoms with Gasteiger partial charge in [-0.15, -0.1) is 11.3 Å². The molecular formula is C14H17NO2S. The van der Waals surface area contributed by atoms with Crippen LogP contribution in [0.1, 0.15) is 34.3 Å². The van der Waals surface area contributed by atoms with Gasteiger partial charge in [0.1, 0.15) is 0 Å². The van der Waals surface area contributed by atoms with Gasteiger partial charge in [0, 0.05) is 19.5 Å². The number of nitrogens with zero attached hydrogens (tertiary/aromatic N) is 1. The summed E-state index contributed by atoms with van der Waals surface area (Å²) in [7, 11) is 0. The molecular weight excluding hydrogens is 246 g/mol. The Morgan fingerprint density at radius 2 is 2.44 bits per heavy atom. The first-order valence-electron chi connectivity index (χ1n) is 6.19. The van der Waals surface area contributed by atoms with Gasteiger partial charge in [-0.05, 0) is 24.5 Å². The van der Waals surface area contributed by atoms with Gasteiger partial charge in [-0.1, -0.05) is 18.8 Å². The molecule has 0 bridgehead atoms. The minimum Gasteiger partial charge on any atom is -0.395 e. The van der Waals surface area contributed by atoms with E-state index in [9.17, 15) is 4.79 Å². The van der Waals surface area contributed by atoms with Crippen LogP contribution >= 0.6 is 11.3 Å². The second kappa shape index (κ2) is 6.03. The van der Waals surface area contributed by atoms with Crippen LogP contribution in [0.2, 0.25) is 0 Å². The van der Waals surface area contributed by atoms with Crippen LogP contribution in [0.3, 0.4) is 0 Å². The van der Waals surface area contributed by atoms with Crippen molar-refractivity contribution >= 4 is 17.2 Å². The molecule has 3 nitrogen and oxygen atoms in total. The van der Waals surface area contributed by atoms with Crippen LogP contribution in [0.25, 0.3) is 0 Å². The molecule has 0 spiro atoms. The summed E-state index contributed by atoms with van der Waals surface area (Å²) in [6, 6.07) is 3.72. The molecule has 18 heavy (non-hydrogen) atoms. The van der Waals surface area contributed by atoms with E-state index in [1.807, 2.05) is 17.0 Å². The highest BCUT2D eigenvalue weighted by Crippen LogP contribution is 2.22. The van der Waals surface area contributed by atoms with E-state index in [0.29, 0.717) is 12.3 Å². The number of carbonyl (C=O) groups excluding carboxylic acids is 1. The van der Waals surface area contributed by atoms with Crippen molar-refractivity contribution in [3.05, 3.63) is 21.9 Å². The van der Waals surface area contributed by atoms with E-state index in [1.165, 1.54) is 11.3 Å². The zero-order valence-electron chi connectivity index (χ0n) is 10.5. The van der Waals surface area contributed by atoms with Crippen LogP contribution in [0.15, 0.2) is 12.1 Å². The third-order valence-corrected chi connectivity index (χ3v) is 3.96. The Balaban J connectivity index is 2.02. The monoisotopic (exact) mass is 263 g/mol. The number of aliphatic hydroxyl groups excluding tert-OH is 1. The van der Waals surface area contributed by atoms with Crippen molar-refractivity contribution in [3.8, 4) is 11.8 Å². The van der Waals surface area contributed by atoms with Crippen molar-refractivity contribution in [1.29, 1.82) is 0 Å². The minimum atomic E-state index is 0.0792. The van der Waals surface area contributed by atoms with Crippen LogP contribution in [-0.4, -0.2) is 35.6 Å². The third kappa shape index (κ3) is 3.12. The molecule has 2 heterocycles. The standard InChI is InChI=1S/C14H17NO2S/c1-11-7-8-15(10-11)14(17)13-6-5-12(18-13)4-2-3-9-16/h5-6,11,16H,3,7-10H2,1H3. The molecule has 1 fully saturated rings. The fourth-order valence-corrected chi connectivity index (χ4v) is 2.85. The van der Waals surface area contributed by atoms with E-state index < -0.39 is 0 Å². The van der Waals surface area contributed by atoms with Crippen LogP contribution in [0.5, 0.6) is 0 Å². The first-order chi connectivity index (χ1) is 8.70. The Hall–Kier alpha value is -1.31. The molecule has 1 amide bonds. The Morgan fingerprint density at radius 1 is 1.61 bits per heavy atom. The molecule has 1 aromatic rings. The van der Waals surface area contributed by atoms with Crippen molar-refractivity contribution in [2.24, 2.45) is 5.92 Å². The van der Waals surface area contributed by atoms with Gasteiger partial charge in [0.2, 0.25) is 0 Å². The molecule has 2 rings (SSSR count). The third-order valence-electron chi connectivity index (χ3n) is 2.98. The number of hydrogen-bond acceptors (Lipinski definition) is 3. The molecule has 0 radical (unpaired) electrons. The minimum absolute atomic E-state index is 0.0792. The SMILES string of the molecule is CC1CCN(C(=O)c2ccc(C#CCCO)s2)C1. The van der Waals surface area contributed by atoms with Gasteiger partial charge in [-0.3, -0.25) is 4.79 Å². The molecule has 0 saturated carbocycles. The maximum absolute atomic E-state index is 12.2. The summed E-state index contributed by atoms with van der Waals surface area (Å²) in [4.78, 5) is 15.8. The second-order valence-corrected chi connectivity index (χ2v) is 5.67. The van der Waals surface area contributed by atoms with Crippen LogP contribution in [0, 0.1) is 17.8 Å². The topological polar surface area (TPSA) is 40.5 Å². The van der Waals surface area contributed by atoms with Gasteiger partial charge in [0.05, 0.1) is 16.4 Å². The average Bonchev–Trinajstić information content (AvgIpc) is 2.98. The lowest BCUT2D eigenvalue weighted by Crippen LogP contribution is -2.27. The number of carbonyl (C=O) groups is 1. The van der Waals surface area contributed by atoms with Crippen molar-refractivity contribution in [2.75, 3.05) is 19.7 Å². The Labute approximate surface area is 111 Å². The lowest BCUT2D eigenvalue weighted by Gasteiger charge is -2.14. The lowest BCUT2D eigenvalue weighted by atomic mass is 10.2. The van der Waals surface area contributed by atoms with Crippen molar-refractivity contribution in [3.63, 3.8) is 0 Å². The Morgan fingerprint density at radius 3 is 3.11 bits per heavy atom. The summed E-state index contributed by atoms with van der Waals surface area (Å²) < 4.78 is 0. The first kappa shape index (κ1) is 13.1. The largest absolute Gasteiger partial charge is 0.395 e. The maximum Gasteiger partial charge on any atom is 0.263 e. The average molecular weight is 263 g/mol. The van der Waals surface area contributed by atoms with Crippen molar-refractivity contribution in [2.45, 2.75) is 19.8 Å². The first-order valence-corrected chi connectivity index (χ1v) is 7.01. The van der Waals surface area contributed by atoms with Gasteiger partial charge in [0.25, 0.3) is 5.91 Å². The number of rotatable bonds is 2. The van der Waals surface area contributed by atoms with Gasteiger partial charge in [-0.25, -0.2) is 0 Å². The van der Waals surface area contributed by atoms with Gasteiger partial charge in [-0.2, -0.15) is 0 Å². The van der Waals surface area contributed by atoms with Crippen LogP contribution in [-0.2, 0) is 0 Å².